The van der Waals surface area contributed by atoms with Crippen molar-refractivity contribution in [3.63, 3.8) is 0 Å². The van der Waals surface area contributed by atoms with Gasteiger partial charge in [-0.15, -0.1) is 0 Å². The molecule has 1 atom stereocenters. The molecule has 0 saturated heterocycles. The maximum absolute atomic E-state index is 12.0. The lowest BCUT2D eigenvalue weighted by Gasteiger charge is -2.18. The number of hydrogen-bond donors (Lipinski definition) is 2. The van der Waals surface area contributed by atoms with Crippen LogP contribution in [0.5, 0.6) is 0 Å². The van der Waals surface area contributed by atoms with Crippen LogP contribution in [0.25, 0.3) is 0 Å². The Balaban J connectivity index is 3.08. The van der Waals surface area contributed by atoms with Crippen LogP contribution in [0.1, 0.15) is 6.92 Å². The zero-order chi connectivity index (χ0) is 12.3. The summed E-state index contributed by atoms with van der Waals surface area (Å²) in [6.45, 7) is 1.52. The predicted octanol–water partition coefficient (Wildman–Crippen LogP) is -0.335. The summed E-state index contributed by atoms with van der Waals surface area (Å²) < 4.78 is 25.0. The third-order valence-corrected chi connectivity index (χ3v) is 3.88. The van der Waals surface area contributed by atoms with Crippen molar-refractivity contribution in [3.05, 3.63) is 18.3 Å². The smallest absolute Gasteiger partial charge is 0.246 e. The van der Waals surface area contributed by atoms with Crippen LogP contribution in [0.4, 0.5) is 5.82 Å². The molecule has 1 aromatic heterocycles. The normalized spacial score (nSPS) is 14.0. The molecule has 0 radical (unpaired) electrons. The van der Waals surface area contributed by atoms with E-state index < -0.39 is 16.1 Å². The molecule has 6 nitrogen and oxygen atoms in total. The van der Waals surface area contributed by atoms with Crippen LogP contribution in [-0.4, -0.2) is 42.5 Å². The topological polar surface area (TPSA) is 96.5 Å². The van der Waals surface area contributed by atoms with E-state index in [1.807, 2.05) is 0 Å². The summed E-state index contributed by atoms with van der Waals surface area (Å²) >= 11 is 0. The third kappa shape index (κ3) is 2.69. The van der Waals surface area contributed by atoms with Gasteiger partial charge in [-0.25, -0.2) is 13.4 Å². The summed E-state index contributed by atoms with van der Waals surface area (Å²) in [6, 6.07) is 2.88. The summed E-state index contributed by atoms with van der Waals surface area (Å²) in [7, 11) is -2.30. The lowest BCUT2D eigenvalue weighted by atomic mass is 10.4. The van der Waals surface area contributed by atoms with Gasteiger partial charge in [0, 0.05) is 19.8 Å². The molecule has 1 aromatic rings. The third-order valence-electron chi connectivity index (χ3n) is 2.01. The van der Waals surface area contributed by atoms with E-state index in [9.17, 15) is 8.42 Å². The van der Waals surface area contributed by atoms with Gasteiger partial charge in [0.25, 0.3) is 0 Å². The quantitative estimate of drug-likeness (QED) is 0.756. The highest BCUT2D eigenvalue weighted by Crippen LogP contribution is 2.18. The monoisotopic (exact) mass is 245 g/mol. The average molecular weight is 245 g/mol. The first kappa shape index (κ1) is 12.9. The molecular weight excluding hydrogens is 230 g/mol. The van der Waals surface area contributed by atoms with Crippen molar-refractivity contribution in [1.82, 2.24) is 9.29 Å². The van der Waals surface area contributed by atoms with Crippen molar-refractivity contribution in [2.24, 2.45) is 0 Å². The van der Waals surface area contributed by atoms with Crippen molar-refractivity contribution in [1.29, 1.82) is 0 Å². The second-order valence-corrected chi connectivity index (χ2v) is 5.53. The Kier molecular flexibility index (Phi) is 3.84. The highest BCUT2D eigenvalue weighted by atomic mass is 32.2. The van der Waals surface area contributed by atoms with Crippen LogP contribution in [0.3, 0.4) is 0 Å². The van der Waals surface area contributed by atoms with E-state index in [1.54, 1.807) is 0 Å². The molecule has 16 heavy (non-hydrogen) atoms. The molecule has 1 heterocycles. The second-order valence-electron chi connectivity index (χ2n) is 3.52. The van der Waals surface area contributed by atoms with Gasteiger partial charge < -0.3 is 10.8 Å². The first-order valence-electron chi connectivity index (χ1n) is 4.70. The first-order chi connectivity index (χ1) is 7.35. The number of anilines is 1. The zero-order valence-corrected chi connectivity index (χ0v) is 9.98. The van der Waals surface area contributed by atoms with Gasteiger partial charge >= 0.3 is 0 Å². The van der Waals surface area contributed by atoms with Gasteiger partial charge in [-0.1, -0.05) is 0 Å². The van der Waals surface area contributed by atoms with Gasteiger partial charge in [0.2, 0.25) is 10.0 Å². The molecule has 0 saturated carbocycles. The molecule has 0 aliphatic rings. The van der Waals surface area contributed by atoms with Crippen LogP contribution in [-0.2, 0) is 10.0 Å². The molecule has 0 aromatic carbocycles. The van der Waals surface area contributed by atoms with Gasteiger partial charge in [-0.3, -0.25) is 0 Å². The number of nitrogen functional groups attached to an aromatic ring is 1. The summed E-state index contributed by atoms with van der Waals surface area (Å²) in [5, 5.41) is 9.15. The number of pyridine rings is 1. The van der Waals surface area contributed by atoms with Gasteiger partial charge in [-0.05, 0) is 19.1 Å². The number of likely N-dealkylation sites (N-methyl/N-ethyl adjacent to an activating group) is 1. The highest BCUT2D eigenvalue weighted by molar-refractivity contribution is 7.89. The number of aliphatic hydroxyl groups is 1. The lowest BCUT2D eigenvalue weighted by Crippen LogP contribution is -2.33. The van der Waals surface area contributed by atoms with E-state index in [2.05, 4.69) is 4.98 Å². The maximum Gasteiger partial charge on any atom is 0.246 e. The molecule has 1 unspecified atom stereocenters. The molecule has 0 fully saturated rings. The number of aromatic nitrogens is 1. The minimum absolute atomic E-state index is 0.0106. The van der Waals surface area contributed by atoms with Gasteiger partial charge in [0.05, 0.1) is 6.10 Å². The fourth-order valence-corrected chi connectivity index (χ4v) is 2.57. The van der Waals surface area contributed by atoms with E-state index in [0.29, 0.717) is 0 Å². The second kappa shape index (κ2) is 4.77. The first-order valence-corrected chi connectivity index (χ1v) is 6.14. The van der Waals surface area contributed by atoms with Crippen molar-refractivity contribution in [3.8, 4) is 0 Å². The minimum Gasteiger partial charge on any atom is -0.392 e. The van der Waals surface area contributed by atoms with E-state index in [4.69, 9.17) is 10.8 Å². The van der Waals surface area contributed by atoms with Crippen LogP contribution in [0, 0.1) is 0 Å². The van der Waals surface area contributed by atoms with Crippen LogP contribution in [0.15, 0.2) is 23.2 Å². The Morgan fingerprint density at radius 3 is 2.75 bits per heavy atom. The number of hydrogen-bond acceptors (Lipinski definition) is 5. The average Bonchev–Trinajstić information content (AvgIpc) is 2.16. The van der Waals surface area contributed by atoms with Gasteiger partial charge in [-0.2, -0.15) is 4.31 Å². The fraction of sp³-hybridized carbons (Fsp3) is 0.444. The highest BCUT2D eigenvalue weighted by Gasteiger charge is 2.24. The van der Waals surface area contributed by atoms with Crippen LogP contribution in [0.2, 0.25) is 0 Å². The molecule has 0 aliphatic carbocycles. The summed E-state index contributed by atoms with van der Waals surface area (Å²) in [4.78, 5) is 3.67. The fourth-order valence-electron chi connectivity index (χ4n) is 1.26. The predicted molar refractivity (Wildman–Crippen MR) is 60.1 cm³/mol. The van der Waals surface area contributed by atoms with Crippen LogP contribution < -0.4 is 5.73 Å². The number of rotatable bonds is 4. The molecule has 0 aliphatic heterocycles. The largest absolute Gasteiger partial charge is 0.392 e. The van der Waals surface area contributed by atoms with E-state index in [1.165, 1.54) is 32.3 Å². The van der Waals surface area contributed by atoms with Crippen molar-refractivity contribution in [2.45, 2.75) is 17.9 Å². The minimum atomic E-state index is -3.68. The molecule has 1 rings (SSSR count). The molecule has 0 amide bonds. The zero-order valence-electron chi connectivity index (χ0n) is 9.16. The van der Waals surface area contributed by atoms with E-state index >= 15 is 0 Å². The van der Waals surface area contributed by atoms with Gasteiger partial charge in [0.15, 0.2) is 0 Å². The Labute approximate surface area is 94.8 Å². The molecule has 3 N–H and O–H groups in total. The molecular formula is C9H15N3O3S. The lowest BCUT2D eigenvalue weighted by molar-refractivity contribution is 0.171. The Hall–Kier alpha value is -1.18. The van der Waals surface area contributed by atoms with E-state index in [-0.39, 0.29) is 17.3 Å². The summed E-state index contributed by atoms with van der Waals surface area (Å²) in [6.07, 6.45) is 0.681. The number of nitrogens with two attached hydrogens (primary N) is 1. The molecule has 90 valence electrons. The summed E-state index contributed by atoms with van der Waals surface area (Å²) in [5.74, 6) is -0.0417. The number of sulfonamides is 1. The van der Waals surface area contributed by atoms with Crippen molar-refractivity contribution < 1.29 is 13.5 Å². The standard InChI is InChI=1S/C9H15N3O3S/c1-7(13)6-12(2)16(14,15)8-4-3-5-11-9(8)10/h3-5,7,13H,6H2,1-2H3,(H2,10,11). The van der Waals surface area contributed by atoms with Crippen molar-refractivity contribution >= 4 is 15.8 Å². The Morgan fingerprint density at radius 1 is 1.62 bits per heavy atom. The molecule has 0 bridgehead atoms. The SMILES string of the molecule is CC(O)CN(C)S(=O)(=O)c1cccnc1N. The van der Waals surface area contributed by atoms with Crippen LogP contribution >= 0.6 is 0 Å². The summed E-state index contributed by atoms with van der Waals surface area (Å²) in [5.41, 5.74) is 5.50. The van der Waals surface area contributed by atoms with Gasteiger partial charge in [0.1, 0.15) is 10.7 Å². The number of nitrogens with zero attached hydrogens (tertiary/aromatic N) is 2. The Bertz CT molecular complexity index is 459. The molecule has 7 heteroatoms. The molecule has 0 spiro atoms. The van der Waals surface area contributed by atoms with E-state index in [0.717, 1.165) is 4.31 Å². The number of aliphatic hydroxyl groups excluding tert-OH is 1. The maximum atomic E-state index is 12.0. The Morgan fingerprint density at radius 2 is 2.25 bits per heavy atom. The van der Waals surface area contributed by atoms with Crippen molar-refractivity contribution in [2.75, 3.05) is 19.3 Å².